The normalized spacial score (nSPS) is 14.0. The number of hydrazine groups is 1. The molecule has 0 bridgehead atoms. The average molecular weight is 308 g/mol. The Kier molecular flexibility index (Phi) is 4.33. The van der Waals surface area contributed by atoms with Crippen molar-refractivity contribution in [3.05, 3.63) is 71.8 Å². The molecule has 3 rings (SSSR count). The van der Waals surface area contributed by atoms with Crippen LogP contribution in [0.4, 0.5) is 4.79 Å². The van der Waals surface area contributed by atoms with Gasteiger partial charge in [0.25, 0.3) is 0 Å². The van der Waals surface area contributed by atoms with Crippen molar-refractivity contribution in [2.24, 2.45) is 5.10 Å². The minimum absolute atomic E-state index is 0.211. The SMILES string of the molecule is O=C(Cc1ccccc1)NN1CC(c2ccccc2)=NNC1=O. The maximum Gasteiger partial charge on any atom is 0.356 e. The Morgan fingerprint density at radius 2 is 1.74 bits per heavy atom. The fraction of sp³-hybridized carbons (Fsp3) is 0.118. The van der Waals surface area contributed by atoms with E-state index in [1.54, 1.807) is 0 Å². The number of benzene rings is 2. The summed E-state index contributed by atoms with van der Waals surface area (Å²) in [6.07, 6.45) is 0.211. The molecule has 0 fully saturated rings. The van der Waals surface area contributed by atoms with Crippen LogP contribution in [-0.4, -0.2) is 29.2 Å². The van der Waals surface area contributed by atoms with Crippen molar-refractivity contribution >= 4 is 17.6 Å². The van der Waals surface area contributed by atoms with Crippen molar-refractivity contribution in [3.63, 3.8) is 0 Å². The summed E-state index contributed by atoms with van der Waals surface area (Å²) in [5.41, 5.74) is 7.50. The van der Waals surface area contributed by atoms with Crippen LogP contribution in [0.25, 0.3) is 0 Å². The van der Waals surface area contributed by atoms with Gasteiger partial charge in [0.15, 0.2) is 0 Å². The molecule has 1 heterocycles. The van der Waals surface area contributed by atoms with Gasteiger partial charge < -0.3 is 0 Å². The maximum atomic E-state index is 12.1. The molecule has 23 heavy (non-hydrogen) atoms. The molecular weight excluding hydrogens is 292 g/mol. The standard InChI is InChI=1S/C17H16N4O2/c22-16(11-13-7-3-1-4-8-13)20-21-12-15(18-19-17(21)23)14-9-5-2-6-10-14/h1-10H,11-12H2,(H,19,23)(H,20,22). The first kappa shape index (κ1) is 14.8. The number of nitrogens with zero attached hydrogens (tertiary/aromatic N) is 2. The van der Waals surface area contributed by atoms with Gasteiger partial charge in [0.05, 0.1) is 18.7 Å². The third-order valence-electron chi connectivity index (χ3n) is 3.41. The molecule has 1 aliphatic heterocycles. The molecule has 2 aromatic rings. The van der Waals surface area contributed by atoms with Crippen LogP contribution in [0.15, 0.2) is 65.8 Å². The van der Waals surface area contributed by atoms with Gasteiger partial charge in [-0.15, -0.1) is 0 Å². The monoisotopic (exact) mass is 308 g/mol. The van der Waals surface area contributed by atoms with Gasteiger partial charge in [-0.25, -0.2) is 15.2 Å². The van der Waals surface area contributed by atoms with Crippen LogP contribution in [-0.2, 0) is 11.2 Å². The van der Waals surface area contributed by atoms with Crippen LogP contribution >= 0.6 is 0 Å². The number of carbonyl (C=O) groups is 2. The summed E-state index contributed by atoms with van der Waals surface area (Å²) < 4.78 is 0. The third kappa shape index (κ3) is 3.74. The number of hydrazone groups is 1. The molecule has 116 valence electrons. The second kappa shape index (κ2) is 6.74. The number of nitrogens with one attached hydrogen (secondary N) is 2. The Labute approximate surface area is 133 Å². The van der Waals surface area contributed by atoms with E-state index in [-0.39, 0.29) is 18.9 Å². The van der Waals surface area contributed by atoms with Crippen LogP contribution in [0.2, 0.25) is 0 Å². The first-order chi connectivity index (χ1) is 11.2. The summed E-state index contributed by atoms with van der Waals surface area (Å²) in [6.45, 7) is 0.219. The average Bonchev–Trinajstić information content (AvgIpc) is 2.58. The van der Waals surface area contributed by atoms with Gasteiger partial charge in [-0.1, -0.05) is 60.7 Å². The number of amides is 3. The first-order valence-corrected chi connectivity index (χ1v) is 7.25. The van der Waals surface area contributed by atoms with Gasteiger partial charge in [0, 0.05) is 0 Å². The smallest absolute Gasteiger partial charge is 0.273 e. The highest BCUT2D eigenvalue weighted by Gasteiger charge is 2.23. The Morgan fingerprint density at radius 3 is 2.43 bits per heavy atom. The lowest BCUT2D eigenvalue weighted by atomic mass is 10.1. The number of carbonyl (C=O) groups excluding carboxylic acids is 2. The molecule has 0 aliphatic carbocycles. The zero-order chi connectivity index (χ0) is 16.1. The molecule has 1 aliphatic rings. The molecule has 0 aromatic heterocycles. The lowest BCUT2D eigenvalue weighted by Crippen LogP contribution is -2.55. The Bertz CT molecular complexity index is 729. The lowest BCUT2D eigenvalue weighted by Gasteiger charge is -2.27. The summed E-state index contributed by atoms with van der Waals surface area (Å²) in [6, 6.07) is 18.4. The zero-order valence-corrected chi connectivity index (χ0v) is 12.4. The predicted molar refractivity (Wildman–Crippen MR) is 86.5 cm³/mol. The summed E-state index contributed by atoms with van der Waals surface area (Å²) in [5, 5.41) is 5.28. The van der Waals surface area contributed by atoms with Gasteiger partial charge >= 0.3 is 6.03 Å². The zero-order valence-electron chi connectivity index (χ0n) is 12.4. The molecule has 0 radical (unpaired) electrons. The van der Waals surface area contributed by atoms with E-state index in [0.717, 1.165) is 11.1 Å². The number of urea groups is 1. The highest BCUT2D eigenvalue weighted by Crippen LogP contribution is 2.06. The fourth-order valence-corrected chi connectivity index (χ4v) is 2.28. The largest absolute Gasteiger partial charge is 0.356 e. The summed E-state index contributed by atoms with van der Waals surface area (Å²) in [7, 11) is 0. The number of hydrogen-bond donors (Lipinski definition) is 2. The summed E-state index contributed by atoms with van der Waals surface area (Å²) in [4.78, 5) is 23.9. The van der Waals surface area contributed by atoms with E-state index < -0.39 is 6.03 Å². The van der Waals surface area contributed by atoms with Gasteiger partial charge in [0.2, 0.25) is 5.91 Å². The molecule has 0 unspecified atom stereocenters. The van der Waals surface area contributed by atoms with E-state index in [2.05, 4.69) is 16.0 Å². The molecule has 3 amide bonds. The second-order valence-electron chi connectivity index (χ2n) is 5.12. The van der Waals surface area contributed by atoms with Crippen molar-refractivity contribution in [1.29, 1.82) is 0 Å². The van der Waals surface area contributed by atoms with Gasteiger partial charge in [-0.05, 0) is 11.1 Å². The highest BCUT2D eigenvalue weighted by atomic mass is 16.2. The molecule has 2 N–H and O–H groups in total. The lowest BCUT2D eigenvalue weighted by molar-refractivity contribution is -0.123. The van der Waals surface area contributed by atoms with Crippen LogP contribution in [0.5, 0.6) is 0 Å². The van der Waals surface area contributed by atoms with E-state index in [4.69, 9.17) is 0 Å². The maximum absolute atomic E-state index is 12.1. The minimum Gasteiger partial charge on any atom is -0.273 e. The van der Waals surface area contributed by atoms with Crippen LogP contribution < -0.4 is 10.9 Å². The minimum atomic E-state index is -0.453. The second-order valence-corrected chi connectivity index (χ2v) is 5.12. The number of hydrogen-bond acceptors (Lipinski definition) is 3. The van der Waals surface area contributed by atoms with Crippen molar-refractivity contribution in [2.75, 3.05) is 6.54 Å². The quantitative estimate of drug-likeness (QED) is 0.902. The van der Waals surface area contributed by atoms with Crippen molar-refractivity contribution in [3.8, 4) is 0 Å². The molecule has 0 spiro atoms. The first-order valence-electron chi connectivity index (χ1n) is 7.25. The summed E-state index contributed by atoms with van der Waals surface area (Å²) >= 11 is 0. The van der Waals surface area contributed by atoms with Gasteiger partial charge in [-0.3, -0.25) is 10.2 Å². The fourth-order valence-electron chi connectivity index (χ4n) is 2.28. The van der Waals surface area contributed by atoms with Gasteiger partial charge in [-0.2, -0.15) is 5.10 Å². The van der Waals surface area contributed by atoms with Crippen molar-refractivity contribution in [2.45, 2.75) is 6.42 Å². The Balaban J connectivity index is 1.65. The van der Waals surface area contributed by atoms with Crippen molar-refractivity contribution < 1.29 is 9.59 Å². The molecule has 0 atom stereocenters. The van der Waals surface area contributed by atoms with E-state index in [0.29, 0.717) is 5.71 Å². The predicted octanol–water partition coefficient (Wildman–Crippen LogP) is 1.69. The van der Waals surface area contributed by atoms with Crippen LogP contribution in [0.1, 0.15) is 11.1 Å². The highest BCUT2D eigenvalue weighted by molar-refractivity contribution is 6.05. The van der Waals surface area contributed by atoms with E-state index in [9.17, 15) is 9.59 Å². The summed E-state index contributed by atoms with van der Waals surface area (Å²) in [5.74, 6) is -0.249. The van der Waals surface area contributed by atoms with Crippen molar-refractivity contribution in [1.82, 2.24) is 15.9 Å². The molecule has 2 aromatic carbocycles. The third-order valence-corrected chi connectivity index (χ3v) is 3.41. The van der Waals surface area contributed by atoms with E-state index in [1.807, 2.05) is 60.7 Å². The molecule has 6 heteroatoms. The van der Waals surface area contributed by atoms with E-state index >= 15 is 0 Å². The van der Waals surface area contributed by atoms with Crippen LogP contribution in [0, 0.1) is 0 Å². The molecule has 0 saturated carbocycles. The van der Waals surface area contributed by atoms with Crippen LogP contribution in [0.3, 0.4) is 0 Å². The van der Waals surface area contributed by atoms with E-state index in [1.165, 1.54) is 5.01 Å². The Morgan fingerprint density at radius 1 is 1.09 bits per heavy atom. The molecular formula is C17H16N4O2. The molecule has 0 saturated heterocycles. The Hall–Kier alpha value is -3.15. The molecule has 6 nitrogen and oxygen atoms in total. The topological polar surface area (TPSA) is 73.8 Å². The van der Waals surface area contributed by atoms with Gasteiger partial charge in [0.1, 0.15) is 0 Å². The number of rotatable bonds is 4.